The summed E-state index contributed by atoms with van der Waals surface area (Å²) in [6.45, 7) is 1.88. The highest BCUT2D eigenvalue weighted by Gasteiger charge is 2.27. The number of hydrogen-bond acceptors (Lipinski definition) is 6. The maximum Gasteiger partial charge on any atom is 0.290 e. The molecule has 0 atom stereocenters. The minimum absolute atomic E-state index is 0.250. The van der Waals surface area contributed by atoms with Crippen LogP contribution in [0.25, 0.3) is 11.1 Å². The van der Waals surface area contributed by atoms with Crippen LogP contribution < -0.4 is 15.4 Å². The summed E-state index contributed by atoms with van der Waals surface area (Å²) in [6.07, 6.45) is 4.73. The molecule has 2 aromatic rings. The van der Waals surface area contributed by atoms with Crippen LogP contribution in [0.4, 0.5) is 11.5 Å². The quantitative estimate of drug-likeness (QED) is 0.782. The Bertz CT molecular complexity index is 897. The highest BCUT2D eigenvalue weighted by molar-refractivity contribution is 5.79. The monoisotopic (exact) mass is 380 g/mol. The molecule has 146 valence electrons. The summed E-state index contributed by atoms with van der Waals surface area (Å²) in [5.41, 5.74) is 10.4. The van der Waals surface area contributed by atoms with Crippen molar-refractivity contribution in [3.05, 3.63) is 35.5 Å². The van der Waals surface area contributed by atoms with Crippen molar-refractivity contribution in [3.8, 4) is 22.9 Å². The van der Waals surface area contributed by atoms with Crippen LogP contribution in [0.1, 0.15) is 42.9 Å². The predicted octanol–water partition coefficient (Wildman–Crippen LogP) is 3.39. The number of nitrogen functional groups attached to an aromatic ring is 1. The van der Waals surface area contributed by atoms with E-state index in [1.54, 1.807) is 7.11 Å². The van der Waals surface area contributed by atoms with Gasteiger partial charge in [0.25, 0.3) is 6.47 Å². The number of ether oxygens (including phenoxy) is 1. The van der Waals surface area contributed by atoms with Crippen molar-refractivity contribution >= 4 is 18.0 Å². The highest BCUT2D eigenvalue weighted by Crippen LogP contribution is 2.42. The molecule has 1 aromatic heterocycles. The molecule has 2 aliphatic rings. The number of carboxylic acid groups (broad SMARTS) is 1. The average Bonchev–Trinajstić information content (AvgIpc) is 3.42. The third-order valence-electron chi connectivity index (χ3n) is 5.11. The molecule has 1 aliphatic heterocycles. The summed E-state index contributed by atoms with van der Waals surface area (Å²) in [6, 6.07) is 10.4. The van der Waals surface area contributed by atoms with Crippen LogP contribution >= 0.6 is 0 Å². The Morgan fingerprint density at radius 3 is 2.57 bits per heavy atom. The van der Waals surface area contributed by atoms with Gasteiger partial charge < -0.3 is 20.5 Å². The molecule has 1 aliphatic carbocycles. The molecule has 0 bridgehead atoms. The number of nitrogens with two attached hydrogens (primary N) is 1. The van der Waals surface area contributed by atoms with Crippen molar-refractivity contribution in [1.29, 1.82) is 5.26 Å². The van der Waals surface area contributed by atoms with Crippen LogP contribution in [-0.4, -0.2) is 36.8 Å². The van der Waals surface area contributed by atoms with Gasteiger partial charge in [-0.15, -0.1) is 0 Å². The molecule has 0 unspecified atom stereocenters. The van der Waals surface area contributed by atoms with Gasteiger partial charge in [0.2, 0.25) is 0 Å². The number of carbonyl (C=O) groups is 1. The lowest BCUT2D eigenvalue weighted by Crippen LogP contribution is -2.18. The van der Waals surface area contributed by atoms with E-state index in [0.29, 0.717) is 17.3 Å². The first-order valence-electron chi connectivity index (χ1n) is 9.34. The van der Waals surface area contributed by atoms with Gasteiger partial charge in [-0.05, 0) is 49.4 Å². The molecule has 0 radical (unpaired) electrons. The third-order valence-corrected chi connectivity index (χ3v) is 5.11. The first-order valence-corrected chi connectivity index (χ1v) is 9.34. The standard InChI is InChI=1S/C20H22N4O.CH2O2/c1-25-19-10-14(6-7-18(19)24-8-2-3-9-24)15-11-17(13-4-5-13)23-20(22)16(15)12-21;2-1-3/h6-7,10-11,13H,2-5,8-9H2,1H3,(H2,22,23);1H,(H,2,3). The lowest BCUT2D eigenvalue weighted by atomic mass is 9.98. The lowest BCUT2D eigenvalue weighted by molar-refractivity contribution is -0.122. The van der Waals surface area contributed by atoms with Gasteiger partial charge in [-0.2, -0.15) is 5.26 Å². The van der Waals surface area contributed by atoms with E-state index in [9.17, 15) is 5.26 Å². The summed E-state index contributed by atoms with van der Waals surface area (Å²) in [4.78, 5) is 15.1. The van der Waals surface area contributed by atoms with Crippen molar-refractivity contribution in [3.63, 3.8) is 0 Å². The zero-order valence-electron chi connectivity index (χ0n) is 15.9. The smallest absolute Gasteiger partial charge is 0.290 e. The van der Waals surface area contributed by atoms with Crippen molar-refractivity contribution < 1.29 is 14.6 Å². The fourth-order valence-electron chi connectivity index (χ4n) is 3.58. The Morgan fingerprint density at radius 1 is 1.32 bits per heavy atom. The summed E-state index contributed by atoms with van der Waals surface area (Å²) in [5.74, 6) is 1.65. The van der Waals surface area contributed by atoms with E-state index in [0.717, 1.165) is 54.2 Å². The van der Waals surface area contributed by atoms with Gasteiger partial charge in [0.05, 0.1) is 12.8 Å². The minimum Gasteiger partial charge on any atom is -0.495 e. The first-order chi connectivity index (χ1) is 13.6. The van der Waals surface area contributed by atoms with Crippen LogP contribution in [0.15, 0.2) is 24.3 Å². The molecule has 1 saturated heterocycles. The van der Waals surface area contributed by atoms with Crippen LogP contribution in [0.5, 0.6) is 5.75 Å². The molecular weight excluding hydrogens is 356 g/mol. The fraction of sp³-hybridized carbons (Fsp3) is 0.381. The predicted molar refractivity (Wildman–Crippen MR) is 107 cm³/mol. The molecule has 1 saturated carbocycles. The summed E-state index contributed by atoms with van der Waals surface area (Å²) in [5, 5.41) is 16.4. The number of nitrogens with zero attached hydrogens (tertiary/aromatic N) is 3. The van der Waals surface area contributed by atoms with Crippen LogP contribution in [0.2, 0.25) is 0 Å². The number of hydrogen-bond donors (Lipinski definition) is 2. The Kier molecular flexibility index (Phi) is 5.99. The van der Waals surface area contributed by atoms with Gasteiger partial charge in [-0.3, -0.25) is 4.79 Å². The SMILES string of the molecule is COc1cc(-c2cc(C3CC3)nc(N)c2C#N)ccc1N1CCCC1.O=CO. The highest BCUT2D eigenvalue weighted by atomic mass is 16.5. The largest absolute Gasteiger partial charge is 0.495 e. The van der Waals surface area contributed by atoms with Gasteiger partial charge >= 0.3 is 0 Å². The van der Waals surface area contributed by atoms with E-state index in [2.05, 4.69) is 28.1 Å². The van der Waals surface area contributed by atoms with Crippen molar-refractivity contribution in [2.24, 2.45) is 0 Å². The van der Waals surface area contributed by atoms with Crippen molar-refractivity contribution in [2.45, 2.75) is 31.6 Å². The number of anilines is 2. The number of nitriles is 1. The maximum absolute atomic E-state index is 9.55. The second-order valence-corrected chi connectivity index (χ2v) is 6.93. The van der Waals surface area contributed by atoms with Crippen LogP contribution in [0.3, 0.4) is 0 Å². The molecule has 3 N–H and O–H groups in total. The van der Waals surface area contributed by atoms with Crippen molar-refractivity contribution in [1.82, 2.24) is 4.98 Å². The van der Waals surface area contributed by atoms with E-state index in [-0.39, 0.29) is 6.47 Å². The first kappa shape index (κ1) is 19.5. The van der Waals surface area contributed by atoms with Gasteiger partial charge in [-0.25, -0.2) is 4.98 Å². The molecule has 0 spiro atoms. The topological polar surface area (TPSA) is 112 Å². The number of methoxy groups -OCH3 is 1. The number of pyridine rings is 1. The Labute approximate surface area is 164 Å². The van der Waals surface area contributed by atoms with Gasteiger partial charge in [0.1, 0.15) is 23.2 Å². The molecule has 1 aromatic carbocycles. The fourth-order valence-corrected chi connectivity index (χ4v) is 3.58. The van der Waals surface area contributed by atoms with E-state index in [1.165, 1.54) is 12.8 Å². The normalized spacial score (nSPS) is 15.4. The summed E-state index contributed by atoms with van der Waals surface area (Å²) >= 11 is 0. The molecule has 2 fully saturated rings. The molecule has 4 rings (SSSR count). The Balaban J connectivity index is 0.000000706. The van der Waals surface area contributed by atoms with E-state index < -0.39 is 0 Å². The second-order valence-electron chi connectivity index (χ2n) is 6.93. The zero-order valence-corrected chi connectivity index (χ0v) is 15.9. The van der Waals surface area contributed by atoms with Crippen LogP contribution in [-0.2, 0) is 4.79 Å². The number of rotatable bonds is 4. The molecular formula is C21H24N4O3. The van der Waals surface area contributed by atoms with Crippen molar-refractivity contribution in [2.75, 3.05) is 30.8 Å². The number of benzene rings is 1. The van der Waals surface area contributed by atoms with Gasteiger partial charge in [0.15, 0.2) is 0 Å². The average molecular weight is 380 g/mol. The maximum atomic E-state index is 9.55. The Hall–Kier alpha value is -3.27. The molecule has 0 amide bonds. The summed E-state index contributed by atoms with van der Waals surface area (Å²) < 4.78 is 5.64. The molecule has 28 heavy (non-hydrogen) atoms. The van der Waals surface area contributed by atoms with Crippen LogP contribution in [0, 0.1) is 11.3 Å². The Morgan fingerprint density at radius 2 is 2.00 bits per heavy atom. The second kappa shape index (κ2) is 8.61. The third kappa shape index (κ3) is 4.01. The van der Waals surface area contributed by atoms with E-state index >= 15 is 0 Å². The van der Waals surface area contributed by atoms with E-state index in [1.807, 2.05) is 12.1 Å². The number of aromatic nitrogens is 1. The van der Waals surface area contributed by atoms with E-state index in [4.69, 9.17) is 20.4 Å². The molecule has 7 heteroatoms. The van der Waals surface area contributed by atoms with Gasteiger partial charge in [-0.1, -0.05) is 6.07 Å². The minimum atomic E-state index is -0.250. The zero-order chi connectivity index (χ0) is 20.1. The van der Waals surface area contributed by atoms with Gasteiger partial charge in [0, 0.05) is 30.3 Å². The lowest BCUT2D eigenvalue weighted by Gasteiger charge is -2.21. The molecule has 7 nitrogen and oxygen atoms in total. The summed E-state index contributed by atoms with van der Waals surface area (Å²) in [7, 11) is 1.69. The molecule has 2 heterocycles.